The lowest BCUT2D eigenvalue weighted by Crippen LogP contribution is -2.32. The van der Waals surface area contributed by atoms with Crippen LogP contribution in [0.25, 0.3) is 0 Å². The summed E-state index contributed by atoms with van der Waals surface area (Å²) in [6.45, 7) is 1.91. The molecule has 1 aromatic heterocycles. The minimum Gasteiger partial charge on any atom is -0.352 e. The smallest absolute Gasteiger partial charge is 0.233 e. The molecule has 1 atom stereocenters. The lowest BCUT2D eigenvalue weighted by Gasteiger charge is -2.08. The second-order valence-corrected chi connectivity index (χ2v) is 7.20. The predicted molar refractivity (Wildman–Crippen MR) is 68.2 cm³/mol. The van der Waals surface area contributed by atoms with Gasteiger partial charge in [-0.3, -0.25) is 4.79 Å². The number of hydrogen-bond donors (Lipinski definition) is 1. The molecule has 1 aliphatic rings. The summed E-state index contributed by atoms with van der Waals surface area (Å²) in [6.07, 6.45) is 4.22. The van der Waals surface area contributed by atoms with Gasteiger partial charge in [-0.05, 0) is 26.0 Å². The fourth-order valence-corrected chi connectivity index (χ4v) is 3.67. The van der Waals surface area contributed by atoms with Crippen LogP contribution in [-0.4, -0.2) is 33.7 Å². The Morgan fingerprint density at radius 1 is 1.50 bits per heavy atom. The maximum absolute atomic E-state index is 11.7. The van der Waals surface area contributed by atoms with Crippen LogP contribution in [0.15, 0.2) is 8.68 Å². The van der Waals surface area contributed by atoms with Gasteiger partial charge >= 0.3 is 0 Å². The Morgan fingerprint density at radius 3 is 2.75 bits per heavy atom. The van der Waals surface area contributed by atoms with Crippen LogP contribution in [0.2, 0.25) is 0 Å². The molecule has 1 N–H and O–H groups in total. The molecule has 0 spiro atoms. The summed E-state index contributed by atoms with van der Waals surface area (Å²) in [5, 5.41) is 10.9. The van der Waals surface area contributed by atoms with Crippen molar-refractivity contribution in [3.63, 3.8) is 0 Å². The highest BCUT2D eigenvalue weighted by molar-refractivity contribution is 8.03. The summed E-state index contributed by atoms with van der Waals surface area (Å²) >= 11 is 4.59. The normalized spacial score (nSPS) is 17.1. The molecule has 1 fully saturated rings. The predicted octanol–water partition coefficient (Wildman–Crippen LogP) is 2.02. The Hall–Kier alpha value is -0.270. The van der Waals surface area contributed by atoms with Crippen molar-refractivity contribution < 1.29 is 4.79 Å². The Balaban J connectivity index is 1.84. The number of hydrogen-bond acceptors (Lipinski definition) is 6. The van der Waals surface area contributed by atoms with Crippen molar-refractivity contribution in [2.45, 2.75) is 39.7 Å². The van der Waals surface area contributed by atoms with E-state index in [2.05, 4.69) is 15.5 Å². The number of nitrogens with zero attached hydrogens (tertiary/aromatic N) is 2. The van der Waals surface area contributed by atoms with Gasteiger partial charge in [-0.2, -0.15) is 0 Å². The summed E-state index contributed by atoms with van der Waals surface area (Å²) in [5.41, 5.74) is 0. The molecular formula is C9H13N3OS3. The Bertz CT molecular complexity index is 378. The number of thioether (sulfide) groups is 2. The molecule has 1 amide bonds. The number of amides is 1. The van der Waals surface area contributed by atoms with Crippen molar-refractivity contribution in [3.8, 4) is 0 Å². The molecule has 0 bridgehead atoms. The van der Waals surface area contributed by atoms with Crippen LogP contribution in [0, 0.1) is 0 Å². The number of aromatic nitrogens is 2. The van der Waals surface area contributed by atoms with Crippen molar-refractivity contribution >= 4 is 40.8 Å². The van der Waals surface area contributed by atoms with Gasteiger partial charge in [0.2, 0.25) is 5.91 Å². The van der Waals surface area contributed by atoms with Crippen LogP contribution in [0.5, 0.6) is 0 Å². The molecule has 1 unspecified atom stereocenters. The molecule has 88 valence electrons. The quantitative estimate of drug-likeness (QED) is 0.833. The summed E-state index contributed by atoms with van der Waals surface area (Å²) in [6, 6.07) is 0.423. The van der Waals surface area contributed by atoms with E-state index in [1.807, 2.05) is 13.2 Å². The average Bonchev–Trinajstić information content (AvgIpc) is 2.96. The highest BCUT2D eigenvalue weighted by Gasteiger charge is 2.26. The van der Waals surface area contributed by atoms with Gasteiger partial charge in [-0.15, -0.1) is 10.2 Å². The standard InChI is InChI=1S/C9H13N3OS3/c1-5(7(13)10-6-3-4-6)15-9-12-11-8(14-2)16-9/h5-6H,3-4H2,1-2H3,(H,10,13). The highest BCUT2D eigenvalue weighted by Crippen LogP contribution is 2.30. The molecule has 2 rings (SSSR count). The minimum atomic E-state index is -0.0942. The molecule has 0 radical (unpaired) electrons. The molecule has 1 heterocycles. The molecule has 0 saturated heterocycles. The highest BCUT2D eigenvalue weighted by atomic mass is 32.2. The van der Waals surface area contributed by atoms with Gasteiger partial charge in [0.25, 0.3) is 0 Å². The van der Waals surface area contributed by atoms with E-state index < -0.39 is 0 Å². The van der Waals surface area contributed by atoms with E-state index in [1.54, 1.807) is 11.8 Å². The minimum absolute atomic E-state index is 0.0942. The van der Waals surface area contributed by atoms with Gasteiger partial charge in [0.05, 0.1) is 5.25 Å². The Morgan fingerprint density at radius 2 is 2.19 bits per heavy atom. The van der Waals surface area contributed by atoms with Gasteiger partial charge in [0, 0.05) is 6.04 Å². The van der Waals surface area contributed by atoms with Gasteiger partial charge in [-0.25, -0.2) is 0 Å². The Kier molecular flexibility index (Phi) is 4.10. The maximum Gasteiger partial charge on any atom is 0.233 e. The lowest BCUT2D eigenvalue weighted by molar-refractivity contribution is -0.120. The van der Waals surface area contributed by atoms with E-state index in [-0.39, 0.29) is 11.2 Å². The summed E-state index contributed by atoms with van der Waals surface area (Å²) in [7, 11) is 0. The van der Waals surface area contributed by atoms with Crippen LogP contribution in [0.4, 0.5) is 0 Å². The topological polar surface area (TPSA) is 54.9 Å². The van der Waals surface area contributed by atoms with E-state index in [0.29, 0.717) is 6.04 Å². The average molecular weight is 275 g/mol. The summed E-state index contributed by atoms with van der Waals surface area (Å²) in [4.78, 5) is 11.7. The SMILES string of the molecule is CSc1nnc(SC(C)C(=O)NC2CC2)s1. The van der Waals surface area contributed by atoms with E-state index in [1.165, 1.54) is 23.1 Å². The van der Waals surface area contributed by atoms with Gasteiger partial charge in [0.15, 0.2) is 8.68 Å². The zero-order chi connectivity index (χ0) is 11.5. The molecule has 0 aromatic carbocycles. The fourth-order valence-electron chi connectivity index (χ4n) is 1.08. The first-order valence-electron chi connectivity index (χ1n) is 5.03. The zero-order valence-electron chi connectivity index (χ0n) is 9.10. The van der Waals surface area contributed by atoms with Crippen molar-refractivity contribution in [1.29, 1.82) is 0 Å². The maximum atomic E-state index is 11.7. The molecular weight excluding hydrogens is 262 g/mol. The molecule has 0 aliphatic heterocycles. The first-order chi connectivity index (χ1) is 7.69. The van der Waals surface area contributed by atoms with Crippen LogP contribution in [0.3, 0.4) is 0 Å². The van der Waals surface area contributed by atoms with E-state index in [9.17, 15) is 4.79 Å². The summed E-state index contributed by atoms with van der Waals surface area (Å²) < 4.78 is 1.81. The number of carbonyl (C=O) groups excluding carboxylic acids is 1. The second-order valence-electron chi connectivity index (χ2n) is 3.58. The Labute approximate surface area is 107 Å². The summed E-state index contributed by atoms with van der Waals surface area (Å²) in [5.74, 6) is 0.105. The van der Waals surface area contributed by atoms with Crippen molar-refractivity contribution in [1.82, 2.24) is 15.5 Å². The first kappa shape index (κ1) is 12.2. The van der Waals surface area contributed by atoms with Crippen LogP contribution in [-0.2, 0) is 4.79 Å². The first-order valence-corrected chi connectivity index (χ1v) is 7.95. The van der Waals surface area contributed by atoms with Gasteiger partial charge < -0.3 is 5.32 Å². The van der Waals surface area contributed by atoms with Crippen LogP contribution in [0.1, 0.15) is 19.8 Å². The molecule has 1 aliphatic carbocycles. The lowest BCUT2D eigenvalue weighted by atomic mass is 10.4. The third kappa shape index (κ3) is 3.36. The molecule has 1 saturated carbocycles. The number of nitrogens with one attached hydrogen (secondary N) is 1. The third-order valence-electron chi connectivity index (χ3n) is 2.13. The molecule has 4 nitrogen and oxygen atoms in total. The molecule has 7 heteroatoms. The second kappa shape index (κ2) is 5.37. The van der Waals surface area contributed by atoms with E-state index in [4.69, 9.17) is 0 Å². The zero-order valence-corrected chi connectivity index (χ0v) is 11.5. The molecule has 16 heavy (non-hydrogen) atoms. The van der Waals surface area contributed by atoms with Gasteiger partial charge in [-0.1, -0.05) is 34.9 Å². The van der Waals surface area contributed by atoms with Crippen LogP contribution >= 0.6 is 34.9 Å². The van der Waals surface area contributed by atoms with E-state index in [0.717, 1.165) is 21.5 Å². The number of carbonyl (C=O) groups is 1. The molecule has 1 aromatic rings. The van der Waals surface area contributed by atoms with Crippen molar-refractivity contribution in [2.24, 2.45) is 0 Å². The van der Waals surface area contributed by atoms with Crippen molar-refractivity contribution in [2.75, 3.05) is 6.26 Å². The van der Waals surface area contributed by atoms with Gasteiger partial charge in [0.1, 0.15) is 0 Å². The monoisotopic (exact) mass is 275 g/mol. The fraction of sp³-hybridized carbons (Fsp3) is 0.667. The van der Waals surface area contributed by atoms with Crippen LogP contribution < -0.4 is 5.32 Å². The van der Waals surface area contributed by atoms with E-state index >= 15 is 0 Å². The van der Waals surface area contributed by atoms with Crippen molar-refractivity contribution in [3.05, 3.63) is 0 Å². The largest absolute Gasteiger partial charge is 0.352 e. The third-order valence-corrected chi connectivity index (χ3v) is 5.22. The number of rotatable bonds is 5.